The number of hydrogen-bond acceptors (Lipinski definition) is 0. The highest BCUT2D eigenvalue weighted by molar-refractivity contribution is 6.14. The quantitative estimate of drug-likeness (QED) is 0.177. The van der Waals surface area contributed by atoms with Gasteiger partial charge in [-0.05, 0) is 173 Å². The van der Waals surface area contributed by atoms with Crippen molar-refractivity contribution >= 4 is 88.0 Å². The van der Waals surface area contributed by atoms with Crippen molar-refractivity contribution in [3.05, 3.63) is 216 Å². The molecule has 310 valence electrons. The fraction of sp³-hybridized carbons (Fsp3) is 0.0645. The maximum absolute atomic E-state index is 3.62. The van der Waals surface area contributed by atoms with Crippen LogP contribution in [0.25, 0.3) is 122 Å². The summed E-state index contributed by atoms with van der Waals surface area (Å²) in [6.07, 6.45) is 6.50. The van der Waals surface area contributed by atoms with Crippen LogP contribution in [-0.2, 0) is 19.3 Å². The minimum absolute atomic E-state index is 0.980. The van der Waals surface area contributed by atoms with E-state index in [1.54, 1.807) is 0 Å². The highest BCUT2D eigenvalue weighted by Crippen LogP contribution is 2.46. The lowest BCUT2D eigenvalue weighted by atomic mass is 9.83. The summed E-state index contributed by atoms with van der Waals surface area (Å²) in [6, 6.07) is 70.2. The van der Waals surface area contributed by atoms with E-state index in [4.69, 9.17) is 0 Å². The Labute approximate surface area is 380 Å². The molecule has 0 saturated heterocycles. The Morgan fingerprint density at radius 3 is 1.50 bits per heavy atom. The zero-order chi connectivity index (χ0) is 43.0. The number of hydrogen-bond donors (Lipinski definition) is 2. The summed E-state index contributed by atoms with van der Waals surface area (Å²) in [5.74, 6) is 0. The predicted molar refractivity (Wildman–Crippen MR) is 277 cm³/mol. The molecular formula is C62H42N4. The van der Waals surface area contributed by atoms with Crippen molar-refractivity contribution in [3.8, 4) is 33.6 Å². The van der Waals surface area contributed by atoms with Crippen molar-refractivity contribution in [3.63, 3.8) is 0 Å². The van der Waals surface area contributed by atoms with Gasteiger partial charge in [0.25, 0.3) is 0 Å². The van der Waals surface area contributed by atoms with Gasteiger partial charge in [0, 0.05) is 82.4 Å². The number of aryl methyl sites for hydroxylation is 2. The van der Waals surface area contributed by atoms with Crippen LogP contribution in [0.3, 0.4) is 0 Å². The summed E-state index contributed by atoms with van der Waals surface area (Å²) in [6.45, 7) is 0. The van der Waals surface area contributed by atoms with E-state index in [0.29, 0.717) is 0 Å². The molecule has 0 saturated carbocycles. The van der Waals surface area contributed by atoms with Gasteiger partial charge in [-0.3, -0.25) is 0 Å². The topological polar surface area (TPSA) is 41.4 Å². The summed E-state index contributed by atoms with van der Waals surface area (Å²) in [4.78, 5) is 7.23. The van der Waals surface area contributed by atoms with Crippen molar-refractivity contribution in [1.29, 1.82) is 0 Å². The highest BCUT2D eigenvalue weighted by Gasteiger charge is 2.27. The molecule has 0 bridgehead atoms. The molecule has 0 amide bonds. The molecule has 9 aromatic carbocycles. The molecule has 0 fully saturated rings. The molecule has 0 unspecified atom stereocenters. The molecule has 4 nitrogen and oxygen atoms in total. The lowest BCUT2D eigenvalue weighted by Gasteiger charge is -2.22. The third kappa shape index (κ3) is 5.21. The van der Waals surface area contributed by atoms with Gasteiger partial charge in [-0.15, -0.1) is 0 Å². The van der Waals surface area contributed by atoms with E-state index in [1.165, 1.54) is 143 Å². The standard InChI is InChI=1S/C62H42N4/c1-3-11-43(12-4-1)65-59-27-23-39(37-21-25-57-49(29-37)45-15-7-9-17-55(45)63-57)31-51(59)53-33-41-19-20-42-34-54-52-32-40(38-22-26-58-50(30-38)46-16-8-10-18-56(46)64-58)24-28-60(52)66(44-13-5-2-6-14-44)62(54)36-48(42)47(41)35-61(53)65/h1-18,21-23,25-27,29-36,63-64H,19-20,24,28H2. The van der Waals surface area contributed by atoms with Crippen LogP contribution in [0.4, 0.5) is 0 Å². The van der Waals surface area contributed by atoms with Gasteiger partial charge < -0.3 is 19.1 Å². The van der Waals surface area contributed by atoms with Crippen LogP contribution in [0, 0.1) is 0 Å². The molecule has 13 aromatic rings. The third-order valence-corrected chi connectivity index (χ3v) is 15.0. The van der Waals surface area contributed by atoms with Crippen LogP contribution in [0.15, 0.2) is 188 Å². The monoisotopic (exact) mass is 842 g/mol. The normalized spacial score (nSPS) is 13.6. The van der Waals surface area contributed by atoms with E-state index in [1.807, 2.05) is 0 Å². The summed E-state index contributed by atoms with van der Waals surface area (Å²) >= 11 is 0. The van der Waals surface area contributed by atoms with Gasteiger partial charge in [-0.1, -0.05) is 91.0 Å². The van der Waals surface area contributed by atoms with Crippen molar-refractivity contribution in [2.24, 2.45) is 0 Å². The summed E-state index contributed by atoms with van der Waals surface area (Å²) in [7, 11) is 0. The maximum Gasteiger partial charge on any atom is 0.0547 e. The first-order valence-corrected chi connectivity index (χ1v) is 23.3. The van der Waals surface area contributed by atoms with Crippen LogP contribution in [0.5, 0.6) is 0 Å². The predicted octanol–water partition coefficient (Wildman–Crippen LogP) is 15.9. The first kappa shape index (κ1) is 36.0. The second-order valence-electron chi connectivity index (χ2n) is 18.5. The van der Waals surface area contributed by atoms with Gasteiger partial charge in [0.2, 0.25) is 0 Å². The second kappa shape index (κ2) is 13.6. The SMILES string of the molecule is C1=C(c2ccc3[nH]c4ccccc4c3c2)CCc2c1c1cc3c(cc1n2-c1ccccc1)-c1cc2c(cc1CC3)c1cc(-c3ccc4[nH]c5ccccc5c4c3)ccc1n2-c1ccccc1. The smallest absolute Gasteiger partial charge is 0.0547 e. The fourth-order valence-corrected chi connectivity index (χ4v) is 11.9. The largest absolute Gasteiger partial charge is 0.355 e. The van der Waals surface area contributed by atoms with Crippen LogP contribution >= 0.6 is 0 Å². The molecule has 0 spiro atoms. The number of allylic oxidation sites excluding steroid dienone is 1. The highest BCUT2D eigenvalue weighted by atomic mass is 15.0. The van der Waals surface area contributed by atoms with Crippen molar-refractivity contribution < 1.29 is 0 Å². The van der Waals surface area contributed by atoms with Gasteiger partial charge in [0.1, 0.15) is 0 Å². The molecule has 66 heavy (non-hydrogen) atoms. The number of para-hydroxylation sites is 4. The van der Waals surface area contributed by atoms with Gasteiger partial charge in [0.15, 0.2) is 0 Å². The Morgan fingerprint density at radius 2 is 0.833 bits per heavy atom. The summed E-state index contributed by atoms with van der Waals surface area (Å²) in [5.41, 5.74) is 24.3. The zero-order valence-electron chi connectivity index (χ0n) is 36.2. The number of aromatic nitrogens is 4. The Hall–Kier alpha value is -8.34. The Balaban J connectivity index is 0.917. The van der Waals surface area contributed by atoms with Crippen LogP contribution in [0.1, 0.15) is 34.4 Å². The molecule has 2 N–H and O–H groups in total. The molecule has 0 aliphatic heterocycles. The van der Waals surface area contributed by atoms with Gasteiger partial charge >= 0.3 is 0 Å². The molecule has 0 atom stereocenters. The van der Waals surface area contributed by atoms with E-state index >= 15 is 0 Å². The number of fused-ring (bicyclic) bond motifs is 15. The van der Waals surface area contributed by atoms with Crippen LogP contribution < -0.4 is 0 Å². The fourth-order valence-electron chi connectivity index (χ4n) is 11.9. The molecule has 0 radical (unpaired) electrons. The zero-order valence-corrected chi connectivity index (χ0v) is 36.2. The second-order valence-corrected chi connectivity index (χ2v) is 18.5. The van der Waals surface area contributed by atoms with Gasteiger partial charge in [-0.2, -0.15) is 0 Å². The van der Waals surface area contributed by atoms with E-state index in [0.717, 1.165) is 25.7 Å². The van der Waals surface area contributed by atoms with Crippen molar-refractivity contribution in [2.45, 2.75) is 25.7 Å². The first-order chi connectivity index (χ1) is 32.7. The van der Waals surface area contributed by atoms with Gasteiger partial charge in [-0.25, -0.2) is 0 Å². The molecule has 4 heterocycles. The lowest BCUT2D eigenvalue weighted by molar-refractivity contribution is 0.898. The van der Waals surface area contributed by atoms with Crippen LogP contribution in [0.2, 0.25) is 0 Å². The Kier molecular flexibility index (Phi) is 7.42. The minimum Gasteiger partial charge on any atom is -0.355 e. The average Bonchev–Trinajstić information content (AvgIpc) is 4.12. The number of rotatable bonds is 4. The van der Waals surface area contributed by atoms with E-state index in [-0.39, 0.29) is 0 Å². The molecule has 4 aromatic heterocycles. The minimum atomic E-state index is 0.980. The average molecular weight is 843 g/mol. The summed E-state index contributed by atoms with van der Waals surface area (Å²) in [5, 5.41) is 9.03. The van der Waals surface area contributed by atoms with E-state index in [9.17, 15) is 0 Å². The molecule has 2 aliphatic carbocycles. The van der Waals surface area contributed by atoms with Crippen molar-refractivity contribution in [2.75, 3.05) is 0 Å². The maximum atomic E-state index is 3.62. The van der Waals surface area contributed by atoms with E-state index in [2.05, 4.69) is 213 Å². The molecular weight excluding hydrogens is 801 g/mol. The Bertz CT molecular complexity index is 4210. The molecule has 2 aliphatic rings. The number of aromatic amines is 2. The van der Waals surface area contributed by atoms with Crippen molar-refractivity contribution in [1.82, 2.24) is 19.1 Å². The lowest BCUT2D eigenvalue weighted by Crippen LogP contribution is -2.06. The number of H-pyrrole nitrogens is 2. The van der Waals surface area contributed by atoms with E-state index < -0.39 is 0 Å². The number of nitrogens with zero attached hydrogens (tertiary/aromatic N) is 2. The first-order valence-electron chi connectivity index (χ1n) is 23.3. The third-order valence-electron chi connectivity index (χ3n) is 15.0. The number of nitrogens with one attached hydrogen (secondary N) is 2. The van der Waals surface area contributed by atoms with Crippen LogP contribution in [-0.4, -0.2) is 19.1 Å². The molecule has 15 rings (SSSR count). The van der Waals surface area contributed by atoms with Gasteiger partial charge in [0.05, 0.1) is 16.6 Å². The number of benzene rings is 9. The molecule has 4 heteroatoms. The summed E-state index contributed by atoms with van der Waals surface area (Å²) < 4.78 is 5.04. The Morgan fingerprint density at radius 1 is 0.333 bits per heavy atom.